The number of benzene rings is 1. The van der Waals surface area contributed by atoms with Crippen molar-refractivity contribution in [3.63, 3.8) is 0 Å². The van der Waals surface area contributed by atoms with Gasteiger partial charge in [0.2, 0.25) is 5.91 Å². The summed E-state index contributed by atoms with van der Waals surface area (Å²) in [6, 6.07) is 5.67. The number of nitrogens with one attached hydrogen (secondary N) is 2. The summed E-state index contributed by atoms with van der Waals surface area (Å²) in [7, 11) is 0. The van der Waals surface area contributed by atoms with E-state index in [2.05, 4.69) is 10.6 Å². The van der Waals surface area contributed by atoms with E-state index in [1.54, 1.807) is 0 Å². The standard InChI is InChI=1S/C14H19FN2O2/c1-14(7-2-8-16-10-14)19-9-13(18)17-12-5-3-11(15)4-6-12/h3-6,16H,2,7-10H2,1H3,(H,17,18). The fraction of sp³-hybridized carbons (Fsp3) is 0.500. The van der Waals surface area contributed by atoms with E-state index in [1.165, 1.54) is 24.3 Å². The maximum absolute atomic E-state index is 12.7. The minimum Gasteiger partial charge on any atom is -0.364 e. The number of rotatable bonds is 4. The second kappa shape index (κ2) is 6.12. The number of halogens is 1. The third-order valence-corrected chi connectivity index (χ3v) is 3.24. The molecular weight excluding hydrogens is 247 g/mol. The molecule has 0 bridgehead atoms. The van der Waals surface area contributed by atoms with Gasteiger partial charge in [0.1, 0.15) is 12.4 Å². The summed E-state index contributed by atoms with van der Waals surface area (Å²) >= 11 is 0. The zero-order valence-electron chi connectivity index (χ0n) is 11.0. The van der Waals surface area contributed by atoms with Gasteiger partial charge in [-0.3, -0.25) is 4.79 Å². The first-order valence-electron chi connectivity index (χ1n) is 6.48. The molecule has 104 valence electrons. The highest BCUT2D eigenvalue weighted by molar-refractivity contribution is 5.91. The molecule has 1 aromatic carbocycles. The van der Waals surface area contributed by atoms with Crippen LogP contribution in [0.15, 0.2) is 24.3 Å². The number of amides is 1. The molecule has 1 heterocycles. The van der Waals surface area contributed by atoms with Crippen LogP contribution in [0.3, 0.4) is 0 Å². The summed E-state index contributed by atoms with van der Waals surface area (Å²) in [5.74, 6) is -0.548. The molecule has 0 spiro atoms. The fourth-order valence-electron chi connectivity index (χ4n) is 2.12. The number of anilines is 1. The van der Waals surface area contributed by atoms with Gasteiger partial charge in [0.15, 0.2) is 0 Å². The van der Waals surface area contributed by atoms with Crippen molar-refractivity contribution in [2.75, 3.05) is 25.0 Å². The SMILES string of the molecule is CC1(OCC(=O)Nc2ccc(F)cc2)CCCNC1. The number of ether oxygens (including phenoxy) is 1. The van der Waals surface area contributed by atoms with Crippen molar-refractivity contribution >= 4 is 11.6 Å². The molecule has 0 aromatic heterocycles. The highest BCUT2D eigenvalue weighted by Crippen LogP contribution is 2.19. The van der Waals surface area contributed by atoms with Crippen molar-refractivity contribution in [2.45, 2.75) is 25.4 Å². The molecule has 4 nitrogen and oxygen atoms in total. The molecule has 1 saturated heterocycles. The first-order valence-corrected chi connectivity index (χ1v) is 6.48. The maximum atomic E-state index is 12.7. The van der Waals surface area contributed by atoms with Crippen molar-refractivity contribution in [2.24, 2.45) is 0 Å². The van der Waals surface area contributed by atoms with Crippen LogP contribution in [0.25, 0.3) is 0 Å². The van der Waals surface area contributed by atoms with Gasteiger partial charge in [-0.15, -0.1) is 0 Å². The number of piperidine rings is 1. The first-order chi connectivity index (χ1) is 9.07. The summed E-state index contributed by atoms with van der Waals surface area (Å²) in [5.41, 5.74) is 0.292. The number of carbonyl (C=O) groups excluding carboxylic acids is 1. The Hall–Kier alpha value is -1.46. The third-order valence-electron chi connectivity index (χ3n) is 3.24. The van der Waals surface area contributed by atoms with Gasteiger partial charge in [0, 0.05) is 12.2 Å². The molecule has 0 aliphatic carbocycles. The predicted molar refractivity (Wildman–Crippen MR) is 71.5 cm³/mol. The lowest BCUT2D eigenvalue weighted by molar-refractivity contribution is -0.128. The Morgan fingerprint density at radius 1 is 1.47 bits per heavy atom. The fourth-order valence-corrected chi connectivity index (χ4v) is 2.12. The van der Waals surface area contributed by atoms with Gasteiger partial charge in [-0.1, -0.05) is 0 Å². The lowest BCUT2D eigenvalue weighted by Gasteiger charge is -2.33. The molecule has 2 N–H and O–H groups in total. The van der Waals surface area contributed by atoms with Crippen LogP contribution in [0, 0.1) is 5.82 Å². The molecule has 1 amide bonds. The Bertz CT molecular complexity index is 428. The van der Waals surface area contributed by atoms with E-state index in [4.69, 9.17) is 4.74 Å². The van der Waals surface area contributed by atoms with Crippen molar-refractivity contribution < 1.29 is 13.9 Å². The van der Waals surface area contributed by atoms with Crippen LogP contribution in [0.5, 0.6) is 0 Å². The first kappa shape index (κ1) is 14.0. The average molecular weight is 266 g/mol. The lowest BCUT2D eigenvalue weighted by atomic mass is 9.96. The summed E-state index contributed by atoms with van der Waals surface area (Å²) in [6.45, 7) is 3.78. The lowest BCUT2D eigenvalue weighted by Crippen LogP contribution is -2.46. The highest BCUT2D eigenvalue weighted by atomic mass is 19.1. The quantitative estimate of drug-likeness (QED) is 0.875. The van der Waals surface area contributed by atoms with Gasteiger partial charge in [0.25, 0.3) is 0 Å². The number of hydrogen-bond donors (Lipinski definition) is 2. The van der Waals surface area contributed by atoms with Gasteiger partial charge in [-0.2, -0.15) is 0 Å². The van der Waals surface area contributed by atoms with E-state index in [9.17, 15) is 9.18 Å². The van der Waals surface area contributed by atoms with E-state index in [1.807, 2.05) is 6.92 Å². The molecule has 1 aliphatic rings. The normalized spacial score (nSPS) is 23.1. The minimum absolute atomic E-state index is 0.00948. The van der Waals surface area contributed by atoms with Gasteiger partial charge < -0.3 is 15.4 Å². The number of carbonyl (C=O) groups is 1. The van der Waals surface area contributed by atoms with Crippen LogP contribution in [-0.2, 0) is 9.53 Å². The van der Waals surface area contributed by atoms with Crippen LogP contribution in [-0.4, -0.2) is 31.2 Å². The summed E-state index contributed by atoms with van der Waals surface area (Å²) in [4.78, 5) is 11.7. The van der Waals surface area contributed by atoms with E-state index in [0.717, 1.165) is 25.9 Å². The van der Waals surface area contributed by atoms with Crippen LogP contribution in [0.4, 0.5) is 10.1 Å². The summed E-state index contributed by atoms with van der Waals surface area (Å²) < 4.78 is 18.4. The molecule has 5 heteroatoms. The topological polar surface area (TPSA) is 50.4 Å². The van der Waals surface area contributed by atoms with Crippen molar-refractivity contribution in [3.05, 3.63) is 30.1 Å². The summed E-state index contributed by atoms with van der Waals surface area (Å²) in [6.07, 6.45) is 2.00. The van der Waals surface area contributed by atoms with Crippen molar-refractivity contribution in [3.8, 4) is 0 Å². The Morgan fingerprint density at radius 2 is 2.21 bits per heavy atom. The second-order valence-corrected chi connectivity index (χ2v) is 5.07. The molecule has 1 unspecified atom stereocenters. The van der Waals surface area contributed by atoms with E-state index in [0.29, 0.717) is 5.69 Å². The zero-order valence-corrected chi connectivity index (χ0v) is 11.0. The van der Waals surface area contributed by atoms with E-state index < -0.39 is 0 Å². The van der Waals surface area contributed by atoms with Crippen LogP contribution in [0.1, 0.15) is 19.8 Å². The van der Waals surface area contributed by atoms with Gasteiger partial charge >= 0.3 is 0 Å². The predicted octanol–water partition coefficient (Wildman–Crippen LogP) is 1.92. The van der Waals surface area contributed by atoms with Crippen molar-refractivity contribution in [1.82, 2.24) is 5.32 Å². The van der Waals surface area contributed by atoms with Crippen LogP contribution in [0.2, 0.25) is 0 Å². The molecule has 1 atom stereocenters. The molecule has 19 heavy (non-hydrogen) atoms. The smallest absolute Gasteiger partial charge is 0.250 e. The Balaban J connectivity index is 1.79. The highest BCUT2D eigenvalue weighted by Gasteiger charge is 2.28. The van der Waals surface area contributed by atoms with Crippen molar-refractivity contribution in [1.29, 1.82) is 0 Å². The Kier molecular flexibility index (Phi) is 4.50. The third kappa shape index (κ3) is 4.29. The molecule has 1 fully saturated rings. The molecule has 1 aliphatic heterocycles. The molecule has 0 radical (unpaired) electrons. The molecule has 0 saturated carbocycles. The number of hydrogen-bond acceptors (Lipinski definition) is 3. The molecule has 1 aromatic rings. The maximum Gasteiger partial charge on any atom is 0.250 e. The minimum atomic E-state index is -0.324. The van der Waals surface area contributed by atoms with Gasteiger partial charge in [-0.05, 0) is 50.6 Å². The second-order valence-electron chi connectivity index (χ2n) is 5.07. The Labute approximate surface area is 112 Å². The van der Waals surface area contributed by atoms with Gasteiger partial charge in [0.05, 0.1) is 5.60 Å². The Morgan fingerprint density at radius 3 is 2.84 bits per heavy atom. The average Bonchev–Trinajstić information content (AvgIpc) is 2.40. The summed E-state index contributed by atoms with van der Waals surface area (Å²) in [5, 5.41) is 5.93. The van der Waals surface area contributed by atoms with E-state index >= 15 is 0 Å². The van der Waals surface area contributed by atoms with Crippen LogP contribution >= 0.6 is 0 Å². The zero-order chi connectivity index (χ0) is 13.7. The monoisotopic (exact) mass is 266 g/mol. The molecular formula is C14H19FN2O2. The van der Waals surface area contributed by atoms with Gasteiger partial charge in [-0.25, -0.2) is 4.39 Å². The van der Waals surface area contributed by atoms with E-state index in [-0.39, 0.29) is 23.9 Å². The van der Waals surface area contributed by atoms with Crippen LogP contribution < -0.4 is 10.6 Å². The molecule has 2 rings (SSSR count). The largest absolute Gasteiger partial charge is 0.364 e.